The van der Waals surface area contributed by atoms with Crippen molar-refractivity contribution in [2.75, 3.05) is 10.6 Å². The Balaban J connectivity index is 1.43. The minimum Gasteiger partial charge on any atom is -0.340 e. The molecule has 162 valence electrons. The maximum atomic E-state index is 12.6. The molecule has 0 saturated heterocycles. The van der Waals surface area contributed by atoms with Crippen molar-refractivity contribution in [2.24, 2.45) is 0 Å². The summed E-state index contributed by atoms with van der Waals surface area (Å²) in [6.07, 6.45) is 5.23. The van der Waals surface area contributed by atoms with Crippen molar-refractivity contribution in [1.82, 2.24) is 19.5 Å². The van der Waals surface area contributed by atoms with E-state index in [1.54, 1.807) is 12.5 Å². The van der Waals surface area contributed by atoms with Gasteiger partial charge >= 0.3 is 0 Å². The molecule has 1 amide bonds. The molecule has 0 atom stereocenters. The smallest absolute Gasteiger partial charge is 0.255 e. The van der Waals surface area contributed by atoms with Crippen molar-refractivity contribution in [3.8, 4) is 5.82 Å². The number of aromatic nitrogens is 4. The van der Waals surface area contributed by atoms with Crippen LogP contribution in [0.25, 0.3) is 5.82 Å². The van der Waals surface area contributed by atoms with Crippen LogP contribution < -0.4 is 10.6 Å². The Hall–Kier alpha value is -4.00. The fraction of sp³-hybridized carbons (Fsp3) is 0.200. The van der Waals surface area contributed by atoms with Crippen molar-refractivity contribution < 1.29 is 4.79 Å². The number of carbonyl (C=O) groups is 1. The van der Waals surface area contributed by atoms with E-state index >= 15 is 0 Å². The number of hydrogen-bond acceptors (Lipinski definition) is 5. The van der Waals surface area contributed by atoms with Crippen LogP contribution in [0, 0.1) is 6.92 Å². The van der Waals surface area contributed by atoms with Crippen LogP contribution in [0.4, 0.5) is 17.2 Å². The topological polar surface area (TPSA) is 84.7 Å². The van der Waals surface area contributed by atoms with Gasteiger partial charge in [0.15, 0.2) is 0 Å². The van der Waals surface area contributed by atoms with E-state index in [2.05, 4.69) is 46.4 Å². The van der Waals surface area contributed by atoms with Crippen LogP contribution in [0.5, 0.6) is 0 Å². The van der Waals surface area contributed by atoms with E-state index in [1.165, 1.54) is 5.56 Å². The zero-order valence-corrected chi connectivity index (χ0v) is 18.6. The van der Waals surface area contributed by atoms with Crippen LogP contribution >= 0.6 is 0 Å². The van der Waals surface area contributed by atoms with E-state index in [4.69, 9.17) is 0 Å². The average molecular weight is 427 g/mol. The highest BCUT2D eigenvalue weighted by atomic mass is 16.1. The molecular formula is C25H26N6O. The van der Waals surface area contributed by atoms with Crippen molar-refractivity contribution in [2.45, 2.75) is 33.1 Å². The number of amides is 1. The zero-order chi connectivity index (χ0) is 22.7. The summed E-state index contributed by atoms with van der Waals surface area (Å²) in [5.41, 5.74) is 3.45. The number of carbonyl (C=O) groups excluding carboxylic acids is 1. The van der Waals surface area contributed by atoms with Gasteiger partial charge < -0.3 is 10.6 Å². The van der Waals surface area contributed by atoms with Crippen LogP contribution in [-0.2, 0) is 5.41 Å². The molecule has 2 N–H and O–H groups in total. The van der Waals surface area contributed by atoms with Crippen molar-refractivity contribution in [1.29, 1.82) is 0 Å². The summed E-state index contributed by atoms with van der Waals surface area (Å²) >= 11 is 0. The second kappa shape index (κ2) is 8.63. The molecule has 2 aromatic carbocycles. The number of hydrogen-bond donors (Lipinski definition) is 2. The SMILES string of the molecule is Cc1nc(Nc2ccc(NC(=O)c3ccc(C(C)(C)C)cc3)cc2)cc(-n2ccnc2)n1. The predicted molar refractivity (Wildman–Crippen MR) is 127 cm³/mol. The number of aryl methyl sites for hydroxylation is 1. The Bertz CT molecular complexity index is 1210. The second-order valence-electron chi connectivity index (χ2n) is 8.61. The molecule has 0 radical (unpaired) electrons. The lowest BCUT2D eigenvalue weighted by Crippen LogP contribution is -2.14. The largest absolute Gasteiger partial charge is 0.340 e. The molecule has 0 unspecified atom stereocenters. The highest BCUT2D eigenvalue weighted by molar-refractivity contribution is 6.04. The van der Waals surface area contributed by atoms with Gasteiger partial charge in [0.2, 0.25) is 0 Å². The van der Waals surface area contributed by atoms with Gasteiger partial charge in [-0.05, 0) is 54.3 Å². The standard InChI is InChI=1S/C25H26N6O/c1-17-27-22(15-23(28-17)31-14-13-26-16-31)29-20-9-11-21(12-10-20)30-24(32)18-5-7-19(8-6-18)25(2,3)4/h5-16H,1-4H3,(H,30,32)(H,27,28,29). The normalized spacial score (nSPS) is 11.2. The molecule has 7 nitrogen and oxygen atoms in total. The van der Waals surface area contributed by atoms with Gasteiger partial charge in [-0.25, -0.2) is 15.0 Å². The van der Waals surface area contributed by atoms with Crippen LogP contribution in [0.1, 0.15) is 42.5 Å². The predicted octanol–water partition coefficient (Wildman–Crippen LogP) is 5.26. The first-order valence-corrected chi connectivity index (χ1v) is 10.4. The van der Waals surface area contributed by atoms with Gasteiger partial charge in [0.05, 0.1) is 0 Å². The second-order valence-corrected chi connectivity index (χ2v) is 8.61. The van der Waals surface area contributed by atoms with Gasteiger partial charge in [-0.3, -0.25) is 9.36 Å². The number of imidazole rings is 1. The van der Waals surface area contributed by atoms with Gasteiger partial charge in [0.25, 0.3) is 5.91 Å². The molecule has 0 fully saturated rings. The third kappa shape index (κ3) is 5.00. The van der Waals surface area contributed by atoms with Crippen molar-refractivity contribution in [3.05, 3.63) is 90.3 Å². The molecule has 2 heterocycles. The lowest BCUT2D eigenvalue weighted by molar-refractivity contribution is 0.102. The van der Waals surface area contributed by atoms with E-state index in [0.717, 1.165) is 17.2 Å². The Morgan fingerprint density at radius 1 is 0.938 bits per heavy atom. The Kier molecular flexibility index (Phi) is 5.73. The summed E-state index contributed by atoms with van der Waals surface area (Å²) in [4.78, 5) is 25.5. The maximum Gasteiger partial charge on any atom is 0.255 e. The maximum absolute atomic E-state index is 12.6. The summed E-state index contributed by atoms with van der Waals surface area (Å²) < 4.78 is 1.83. The minimum atomic E-state index is -0.137. The number of nitrogens with zero attached hydrogens (tertiary/aromatic N) is 4. The first kappa shape index (κ1) is 21.2. The summed E-state index contributed by atoms with van der Waals surface area (Å²) in [6.45, 7) is 8.30. The minimum absolute atomic E-state index is 0.0551. The zero-order valence-electron chi connectivity index (χ0n) is 18.6. The van der Waals surface area contributed by atoms with E-state index in [1.807, 2.05) is 72.3 Å². The van der Waals surface area contributed by atoms with E-state index < -0.39 is 0 Å². The summed E-state index contributed by atoms with van der Waals surface area (Å²) in [5, 5.41) is 6.22. The molecule has 0 saturated carbocycles. The fourth-order valence-electron chi connectivity index (χ4n) is 3.25. The van der Waals surface area contributed by atoms with E-state index in [0.29, 0.717) is 17.2 Å². The lowest BCUT2D eigenvalue weighted by Gasteiger charge is -2.19. The molecular weight excluding hydrogens is 400 g/mol. The van der Waals surface area contributed by atoms with E-state index in [-0.39, 0.29) is 11.3 Å². The molecule has 0 aliphatic carbocycles. The summed E-state index contributed by atoms with van der Waals surface area (Å²) in [6, 6.07) is 17.1. The molecule has 32 heavy (non-hydrogen) atoms. The molecule has 0 spiro atoms. The molecule has 4 aromatic rings. The van der Waals surface area contributed by atoms with Crippen molar-refractivity contribution in [3.63, 3.8) is 0 Å². The Morgan fingerprint density at radius 3 is 2.25 bits per heavy atom. The number of anilines is 3. The summed E-state index contributed by atoms with van der Waals surface area (Å²) in [7, 11) is 0. The average Bonchev–Trinajstić information content (AvgIpc) is 3.29. The first-order chi connectivity index (χ1) is 15.3. The van der Waals surface area contributed by atoms with E-state index in [9.17, 15) is 4.79 Å². The first-order valence-electron chi connectivity index (χ1n) is 10.4. The molecule has 2 aromatic heterocycles. The highest BCUT2D eigenvalue weighted by Gasteiger charge is 2.14. The van der Waals surface area contributed by atoms with Crippen molar-refractivity contribution >= 4 is 23.1 Å². The molecule has 4 rings (SSSR count). The van der Waals surface area contributed by atoms with Gasteiger partial charge in [0.1, 0.15) is 23.8 Å². The van der Waals surface area contributed by atoms with Crippen LogP contribution in [0.15, 0.2) is 73.3 Å². The molecule has 0 aliphatic rings. The van der Waals surface area contributed by atoms with Crippen LogP contribution in [0.3, 0.4) is 0 Å². The van der Waals surface area contributed by atoms with Gasteiger partial charge in [-0.1, -0.05) is 32.9 Å². The van der Waals surface area contributed by atoms with Gasteiger partial charge in [-0.15, -0.1) is 0 Å². The fourth-order valence-corrected chi connectivity index (χ4v) is 3.25. The number of nitrogens with one attached hydrogen (secondary N) is 2. The lowest BCUT2D eigenvalue weighted by atomic mass is 9.87. The number of rotatable bonds is 5. The third-order valence-corrected chi connectivity index (χ3v) is 5.02. The third-order valence-electron chi connectivity index (χ3n) is 5.02. The number of benzene rings is 2. The quantitative estimate of drug-likeness (QED) is 0.454. The monoisotopic (exact) mass is 426 g/mol. The Labute approximate surface area is 187 Å². The van der Waals surface area contributed by atoms with Gasteiger partial charge in [-0.2, -0.15) is 0 Å². The van der Waals surface area contributed by atoms with Gasteiger partial charge in [0, 0.05) is 35.4 Å². The summed E-state index contributed by atoms with van der Waals surface area (Å²) in [5.74, 6) is 1.93. The molecule has 0 aliphatic heterocycles. The Morgan fingerprint density at radius 2 is 1.62 bits per heavy atom. The van der Waals surface area contributed by atoms with Crippen LogP contribution in [0.2, 0.25) is 0 Å². The molecule has 7 heteroatoms. The van der Waals surface area contributed by atoms with Crippen LogP contribution in [-0.4, -0.2) is 25.4 Å². The highest BCUT2D eigenvalue weighted by Crippen LogP contribution is 2.23. The molecule has 0 bridgehead atoms.